The van der Waals surface area contributed by atoms with Crippen LogP contribution in [0.15, 0.2) is 36.5 Å². The fraction of sp³-hybridized carbons (Fsp3) is 0.312. The summed E-state index contributed by atoms with van der Waals surface area (Å²) in [5.41, 5.74) is 3.36. The summed E-state index contributed by atoms with van der Waals surface area (Å²) in [6.45, 7) is 6.65. The van der Waals surface area contributed by atoms with E-state index in [1.165, 1.54) is 5.56 Å². The maximum Gasteiger partial charge on any atom is 1.00 e. The molecule has 19 heavy (non-hydrogen) atoms. The van der Waals surface area contributed by atoms with Crippen molar-refractivity contribution in [1.29, 1.82) is 0 Å². The van der Waals surface area contributed by atoms with Crippen molar-refractivity contribution < 1.29 is 18.9 Å². The van der Waals surface area contributed by atoms with Crippen LogP contribution in [0.25, 0.3) is 22.3 Å². The molecule has 2 nitrogen and oxygen atoms in total. The molecular formula is C16H17LiN2. The summed E-state index contributed by atoms with van der Waals surface area (Å²) in [5, 5.41) is 6.05. The molecule has 1 aliphatic heterocycles. The molecule has 0 saturated heterocycles. The van der Waals surface area contributed by atoms with E-state index in [1.807, 2.05) is 12.3 Å². The Hall–Kier alpha value is -1.23. The molecule has 1 atom stereocenters. The minimum Gasteiger partial charge on any atom is -0.676 e. The van der Waals surface area contributed by atoms with Gasteiger partial charge < -0.3 is 5.32 Å². The second kappa shape index (κ2) is 5.04. The maximum absolute atomic E-state index is 4.90. The first-order valence-corrected chi connectivity index (χ1v) is 6.32. The van der Waals surface area contributed by atoms with E-state index in [-0.39, 0.29) is 30.3 Å². The van der Waals surface area contributed by atoms with E-state index in [4.69, 9.17) is 5.32 Å². The number of hydrogen-bond acceptors (Lipinski definition) is 1. The van der Waals surface area contributed by atoms with Crippen LogP contribution in [-0.2, 0) is 0 Å². The van der Waals surface area contributed by atoms with Gasteiger partial charge in [-0.05, 0) is 22.4 Å². The average Bonchev–Trinajstić information content (AvgIpc) is 2.37. The number of benzene rings is 1. The first-order valence-electron chi connectivity index (χ1n) is 6.32. The van der Waals surface area contributed by atoms with Crippen LogP contribution in [0.4, 0.5) is 5.69 Å². The smallest absolute Gasteiger partial charge is 0.676 e. The van der Waals surface area contributed by atoms with Gasteiger partial charge in [0, 0.05) is 6.20 Å². The number of hydrogen-bond donors (Lipinski definition) is 0. The van der Waals surface area contributed by atoms with E-state index in [1.54, 1.807) is 0 Å². The van der Waals surface area contributed by atoms with Crippen molar-refractivity contribution in [2.24, 2.45) is 5.41 Å². The molecular weight excluding hydrogens is 227 g/mol. The van der Waals surface area contributed by atoms with Crippen molar-refractivity contribution in [3.63, 3.8) is 0 Å². The fourth-order valence-corrected chi connectivity index (χ4v) is 2.27. The Labute approximate surface area is 126 Å². The minimum absolute atomic E-state index is 0. The summed E-state index contributed by atoms with van der Waals surface area (Å²) >= 11 is 0. The number of rotatable bonds is 0. The predicted molar refractivity (Wildman–Crippen MR) is 77.0 cm³/mol. The molecule has 0 aliphatic carbocycles. The molecule has 0 bridgehead atoms. The molecule has 0 spiro atoms. The molecule has 0 amide bonds. The van der Waals surface area contributed by atoms with Crippen LogP contribution in [0, 0.1) is 5.41 Å². The Morgan fingerprint density at radius 3 is 2.68 bits per heavy atom. The summed E-state index contributed by atoms with van der Waals surface area (Å²) in [5.74, 6) is 0. The Morgan fingerprint density at radius 1 is 1.16 bits per heavy atom. The van der Waals surface area contributed by atoms with Crippen LogP contribution in [0.2, 0.25) is 0 Å². The third-order valence-electron chi connectivity index (χ3n) is 3.39. The zero-order valence-electron chi connectivity index (χ0n) is 12.0. The van der Waals surface area contributed by atoms with Gasteiger partial charge in [-0.1, -0.05) is 57.2 Å². The molecule has 0 N–H and O–H groups in total. The summed E-state index contributed by atoms with van der Waals surface area (Å²) in [7, 11) is 0. The fourth-order valence-electron chi connectivity index (χ4n) is 2.27. The van der Waals surface area contributed by atoms with Crippen molar-refractivity contribution in [2.45, 2.75) is 26.8 Å². The number of fused-ring (bicyclic) bond motifs is 3. The van der Waals surface area contributed by atoms with Crippen LogP contribution >= 0.6 is 0 Å². The van der Waals surface area contributed by atoms with E-state index >= 15 is 0 Å². The van der Waals surface area contributed by atoms with Gasteiger partial charge in [0.2, 0.25) is 0 Å². The van der Waals surface area contributed by atoms with Crippen LogP contribution in [-0.4, -0.2) is 11.0 Å². The van der Waals surface area contributed by atoms with Crippen LogP contribution in [0.1, 0.15) is 26.3 Å². The molecule has 92 valence electrons. The molecule has 3 rings (SSSR count). The van der Waals surface area contributed by atoms with Crippen molar-refractivity contribution in [3.8, 4) is 0 Å². The zero-order chi connectivity index (χ0) is 12.8. The topological polar surface area (TPSA) is 27.0 Å². The molecule has 0 saturated carbocycles. The SMILES string of the molecule is CC(C)(C)C1C=Cc2ccc3cccnc3c2[N-]1.[Li+]. The molecule has 2 heterocycles. The van der Waals surface area contributed by atoms with Gasteiger partial charge in [-0.15, -0.1) is 5.69 Å². The molecule has 0 fully saturated rings. The number of nitrogens with zero attached hydrogens (tertiary/aromatic N) is 2. The molecule has 1 aromatic carbocycles. The summed E-state index contributed by atoms with van der Waals surface area (Å²) < 4.78 is 0. The van der Waals surface area contributed by atoms with Gasteiger partial charge >= 0.3 is 18.9 Å². The third kappa shape index (κ3) is 2.56. The Balaban J connectivity index is 0.00000133. The molecule has 1 aliphatic rings. The van der Waals surface area contributed by atoms with E-state index < -0.39 is 0 Å². The quantitative estimate of drug-likeness (QED) is 0.648. The molecule has 1 aromatic heterocycles. The first-order chi connectivity index (χ1) is 8.55. The monoisotopic (exact) mass is 244 g/mol. The van der Waals surface area contributed by atoms with Gasteiger partial charge in [0.25, 0.3) is 0 Å². The van der Waals surface area contributed by atoms with E-state index in [0.717, 1.165) is 16.6 Å². The van der Waals surface area contributed by atoms with Crippen molar-refractivity contribution >= 4 is 22.7 Å². The van der Waals surface area contributed by atoms with Gasteiger partial charge in [-0.25, -0.2) is 0 Å². The second-order valence-corrected chi connectivity index (χ2v) is 5.88. The number of aromatic nitrogens is 1. The summed E-state index contributed by atoms with van der Waals surface area (Å²) in [6, 6.07) is 8.51. The molecule has 1 unspecified atom stereocenters. The Kier molecular flexibility index (Phi) is 3.76. The van der Waals surface area contributed by atoms with Crippen molar-refractivity contribution in [2.75, 3.05) is 0 Å². The Morgan fingerprint density at radius 2 is 1.95 bits per heavy atom. The minimum atomic E-state index is 0. The van der Waals surface area contributed by atoms with Gasteiger partial charge in [0.05, 0.1) is 5.52 Å². The van der Waals surface area contributed by atoms with E-state index in [0.29, 0.717) is 0 Å². The molecule has 2 aromatic rings. The molecule has 3 heteroatoms. The first kappa shape index (κ1) is 14.2. The van der Waals surface area contributed by atoms with Crippen LogP contribution in [0.3, 0.4) is 0 Å². The molecule has 0 radical (unpaired) electrons. The maximum atomic E-state index is 4.90. The average molecular weight is 244 g/mol. The van der Waals surface area contributed by atoms with Crippen molar-refractivity contribution in [1.82, 2.24) is 4.98 Å². The third-order valence-corrected chi connectivity index (χ3v) is 3.39. The normalized spacial score (nSPS) is 17.5. The largest absolute Gasteiger partial charge is 1.00 e. The number of pyridine rings is 1. The van der Waals surface area contributed by atoms with Crippen LogP contribution in [0.5, 0.6) is 0 Å². The van der Waals surface area contributed by atoms with Gasteiger partial charge in [0.15, 0.2) is 0 Å². The second-order valence-electron chi connectivity index (χ2n) is 5.88. The zero-order valence-corrected chi connectivity index (χ0v) is 12.0. The standard InChI is InChI=1S/C16H17N2.Li/c1-16(2,3)13-9-8-12-7-6-11-5-4-10-17-14(11)15(12)18-13;/h4-10,13H,1-3H3;/q-1;+1. The summed E-state index contributed by atoms with van der Waals surface area (Å²) in [6.07, 6.45) is 6.20. The van der Waals surface area contributed by atoms with Gasteiger partial charge in [0.1, 0.15) is 0 Å². The predicted octanol–water partition coefficient (Wildman–Crippen LogP) is 1.69. The van der Waals surface area contributed by atoms with E-state index in [2.05, 4.69) is 56.1 Å². The van der Waals surface area contributed by atoms with E-state index in [9.17, 15) is 0 Å². The van der Waals surface area contributed by atoms with Crippen LogP contribution < -0.4 is 18.9 Å². The van der Waals surface area contributed by atoms with Gasteiger partial charge in [-0.2, -0.15) is 0 Å². The van der Waals surface area contributed by atoms with Crippen molar-refractivity contribution in [3.05, 3.63) is 47.4 Å². The summed E-state index contributed by atoms with van der Waals surface area (Å²) in [4.78, 5) is 4.48. The Bertz CT molecular complexity index is 626. The van der Waals surface area contributed by atoms with Gasteiger partial charge in [-0.3, -0.25) is 4.98 Å².